The summed E-state index contributed by atoms with van der Waals surface area (Å²) >= 11 is 0. The minimum atomic E-state index is -3.87. The number of sulfonamides is 1. The molecule has 2 aromatic carbocycles. The zero-order valence-corrected chi connectivity index (χ0v) is 11.9. The predicted octanol–water partition coefficient (Wildman–Crippen LogP) is 2.39. The second-order valence-corrected chi connectivity index (χ2v) is 6.12. The van der Waals surface area contributed by atoms with E-state index in [0.29, 0.717) is 11.3 Å². The summed E-state index contributed by atoms with van der Waals surface area (Å²) in [6.07, 6.45) is 0. The van der Waals surface area contributed by atoms with Crippen LogP contribution in [0.2, 0.25) is 0 Å². The van der Waals surface area contributed by atoms with Gasteiger partial charge in [0, 0.05) is 5.69 Å². The van der Waals surface area contributed by atoms with Gasteiger partial charge in [-0.25, -0.2) is 12.8 Å². The monoisotopic (exact) mass is 305 g/mol. The molecule has 0 spiro atoms. The number of nitrogen functional groups attached to an aromatic ring is 1. The second kappa shape index (κ2) is 5.42. The molecule has 5 nitrogen and oxygen atoms in total. The summed E-state index contributed by atoms with van der Waals surface area (Å²) in [5.74, 6) is -0.632. The van der Waals surface area contributed by atoms with Crippen molar-refractivity contribution in [3.05, 3.63) is 53.3 Å². The average molecular weight is 305 g/mol. The summed E-state index contributed by atoms with van der Waals surface area (Å²) in [7, 11) is -3.87. The van der Waals surface area contributed by atoms with Gasteiger partial charge in [0.25, 0.3) is 10.0 Å². The summed E-state index contributed by atoms with van der Waals surface area (Å²) < 4.78 is 40.2. The number of rotatable bonds is 3. The number of nitrogens with two attached hydrogens (primary N) is 1. The average Bonchev–Trinajstić information content (AvgIpc) is 2.44. The van der Waals surface area contributed by atoms with Crippen LogP contribution in [0.4, 0.5) is 15.8 Å². The van der Waals surface area contributed by atoms with Crippen LogP contribution in [0.5, 0.6) is 0 Å². The first-order chi connectivity index (χ1) is 9.83. The van der Waals surface area contributed by atoms with Gasteiger partial charge >= 0.3 is 0 Å². The van der Waals surface area contributed by atoms with Crippen LogP contribution < -0.4 is 10.5 Å². The fourth-order valence-corrected chi connectivity index (χ4v) is 2.92. The SMILES string of the molecule is Cc1cc(S(=O)(=O)Nc2ccc(C#N)cc2)cc(N)c1F. The number of halogens is 1. The molecule has 108 valence electrons. The van der Waals surface area contributed by atoms with Crippen molar-refractivity contribution in [1.82, 2.24) is 0 Å². The molecule has 2 aromatic rings. The molecule has 0 aliphatic carbocycles. The Balaban J connectivity index is 2.36. The molecular formula is C14H12FN3O2S. The van der Waals surface area contributed by atoms with Gasteiger partial charge < -0.3 is 5.73 Å². The Labute approximate surface area is 121 Å². The molecule has 0 amide bonds. The summed E-state index contributed by atoms with van der Waals surface area (Å²) in [6.45, 7) is 1.44. The quantitative estimate of drug-likeness (QED) is 0.851. The van der Waals surface area contributed by atoms with Gasteiger partial charge in [-0.1, -0.05) is 0 Å². The molecule has 0 fully saturated rings. The van der Waals surface area contributed by atoms with E-state index < -0.39 is 15.8 Å². The van der Waals surface area contributed by atoms with Crippen molar-refractivity contribution in [2.45, 2.75) is 11.8 Å². The zero-order valence-electron chi connectivity index (χ0n) is 11.1. The van der Waals surface area contributed by atoms with E-state index in [0.717, 1.165) is 6.07 Å². The maximum atomic E-state index is 13.4. The number of hydrogen-bond donors (Lipinski definition) is 2. The van der Waals surface area contributed by atoms with E-state index in [4.69, 9.17) is 11.0 Å². The number of nitrogens with one attached hydrogen (secondary N) is 1. The third-order valence-corrected chi connectivity index (χ3v) is 4.19. The van der Waals surface area contributed by atoms with Crippen molar-refractivity contribution >= 4 is 21.4 Å². The van der Waals surface area contributed by atoms with Gasteiger partial charge in [-0.2, -0.15) is 5.26 Å². The third kappa shape index (κ3) is 3.12. The first kappa shape index (κ1) is 14.8. The molecule has 2 rings (SSSR count). The lowest BCUT2D eigenvalue weighted by molar-refractivity contribution is 0.599. The van der Waals surface area contributed by atoms with Crippen LogP contribution in [-0.2, 0) is 10.0 Å². The molecule has 0 heterocycles. The normalized spacial score (nSPS) is 10.9. The maximum Gasteiger partial charge on any atom is 0.261 e. The van der Waals surface area contributed by atoms with Crippen LogP contribution in [0.3, 0.4) is 0 Å². The van der Waals surface area contributed by atoms with E-state index in [-0.39, 0.29) is 16.1 Å². The Morgan fingerprint density at radius 1 is 1.24 bits per heavy atom. The number of nitriles is 1. The Morgan fingerprint density at radius 2 is 1.86 bits per heavy atom. The summed E-state index contributed by atoms with van der Waals surface area (Å²) in [5.41, 5.74) is 6.08. The molecular weight excluding hydrogens is 293 g/mol. The molecule has 0 atom stereocenters. The van der Waals surface area contributed by atoms with Crippen LogP contribution in [0.25, 0.3) is 0 Å². The predicted molar refractivity (Wildman–Crippen MR) is 77.5 cm³/mol. The van der Waals surface area contributed by atoms with Crippen molar-refractivity contribution in [2.75, 3.05) is 10.5 Å². The van der Waals surface area contributed by atoms with Crippen molar-refractivity contribution in [3.8, 4) is 6.07 Å². The van der Waals surface area contributed by atoms with Gasteiger partial charge in [0.05, 0.1) is 22.2 Å². The van der Waals surface area contributed by atoms with Gasteiger partial charge in [0.15, 0.2) is 0 Å². The summed E-state index contributed by atoms with van der Waals surface area (Å²) in [6, 6.07) is 10.1. The van der Waals surface area contributed by atoms with E-state index in [1.165, 1.54) is 37.3 Å². The summed E-state index contributed by atoms with van der Waals surface area (Å²) in [4.78, 5) is -0.122. The van der Waals surface area contributed by atoms with E-state index in [9.17, 15) is 12.8 Å². The Kier molecular flexibility index (Phi) is 3.82. The largest absolute Gasteiger partial charge is 0.396 e. The Hall–Kier alpha value is -2.59. The van der Waals surface area contributed by atoms with Crippen LogP contribution in [0.1, 0.15) is 11.1 Å². The highest BCUT2D eigenvalue weighted by molar-refractivity contribution is 7.92. The molecule has 0 aromatic heterocycles. The topological polar surface area (TPSA) is 96.0 Å². The van der Waals surface area contributed by atoms with Gasteiger partial charge in [-0.3, -0.25) is 4.72 Å². The van der Waals surface area contributed by atoms with Crippen LogP contribution in [-0.4, -0.2) is 8.42 Å². The van der Waals surface area contributed by atoms with E-state index >= 15 is 0 Å². The molecule has 0 saturated carbocycles. The van der Waals surface area contributed by atoms with E-state index in [2.05, 4.69) is 4.72 Å². The van der Waals surface area contributed by atoms with Gasteiger partial charge in [0.2, 0.25) is 0 Å². The van der Waals surface area contributed by atoms with Crippen molar-refractivity contribution in [2.24, 2.45) is 0 Å². The smallest absolute Gasteiger partial charge is 0.261 e. The fraction of sp³-hybridized carbons (Fsp3) is 0.0714. The Bertz CT molecular complexity index is 801. The molecule has 0 aliphatic heterocycles. The minimum Gasteiger partial charge on any atom is -0.396 e. The maximum absolute atomic E-state index is 13.4. The van der Waals surface area contributed by atoms with Crippen LogP contribution in [0.15, 0.2) is 41.3 Å². The fourth-order valence-electron chi connectivity index (χ4n) is 1.74. The zero-order chi connectivity index (χ0) is 15.6. The second-order valence-electron chi connectivity index (χ2n) is 4.44. The number of hydrogen-bond acceptors (Lipinski definition) is 4. The molecule has 21 heavy (non-hydrogen) atoms. The van der Waals surface area contributed by atoms with E-state index in [1.54, 1.807) is 0 Å². The van der Waals surface area contributed by atoms with Gasteiger partial charge in [-0.05, 0) is 48.9 Å². The first-order valence-electron chi connectivity index (χ1n) is 5.92. The number of aryl methyl sites for hydroxylation is 1. The van der Waals surface area contributed by atoms with Gasteiger partial charge in [0.1, 0.15) is 5.82 Å². The van der Waals surface area contributed by atoms with Gasteiger partial charge in [-0.15, -0.1) is 0 Å². The molecule has 0 radical (unpaired) electrons. The van der Waals surface area contributed by atoms with Crippen molar-refractivity contribution < 1.29 is 12.8 Å². The highest BCUT2D eigenvalue weighted by Crippen LogP contribution is 2.23. The number of nitrogens with zero attached hydrogens (tertiary/aromatic N) is 1. The lowest BCUT2D eigenvalue weighted by Crippen LogP contribution is -2.14. The molecule has 0 unspecified atom stereocenters. The number of benzene rings is 2. The molecule has 0 saturated heterocycles. The number of anilines is 2. The highest BCUT2D eigenvalue weighted by atomic mass is 32.2. The molecule has 3 N–H and O–H groups in total. The third-order valence-electron chi connectivity index (χ3n) is 2.83. The lowest BCUT2D eigenvalue weighted by atomic mass is 10.2. The van der Waals surface area contributed by atoms with Crippen LogP contribution in [0, 0.1) is 24.1 Å². The lowest BCUT2D eigenvalue weighted by Gasteiger charge is -2.10. The van der Waals surface area contributed by atoms with Crippen molar-refractivity contribution in [1.29, 1.82) is 5.26 Å². The molecule has 7 heteroatoms. The highest BCUT2D eigenvalue weighted by Gasteiger charge is 2.17. The Morgan fingerprint density at radius 3 is 2.38 bits per heavy atom. The first-order valence-corrected chi connectivity index (χ1v) is 7.40. The van der Waals surface area contributed by atoms with Crippen molar-refractivity contribution in [3.63, 3.8) is 0 Å². The molecule has 0 aliphatic rings. The summed E-state index contributed by atoms with van der Waals surface area (Å²) in [5, 5.41) is 8.69. The minimum absolute atomic E-state index is 0.122. The van der Waals surface area contributed by atoms with Crippen LogP contribution >= 0.6 is 0 Å². The molecule has 0 bridgehead atoms. The van der Waals surface area contributed by atoms with E-state index in [1.807, 2.05) is 6.07 Å². The standard InChI is InChI=1S/C14H12FN3O2S/c1-9-6-12(7-13(17)14(9)15)21(19,20)18-11-4-2-10(8-16)3-5-11/h2-7,18H,17H2,1H3.